The summed E-state index contributed by atoms with van der Waals surface area (Å²) in [7, 11) is 0. The summed E-state index contributed by atoms with van der Waals surface area (Å²) in [5.41, 5.74) is 0.783. The average molecular weight is 352 g/mol. The number of benzene rings is 1. The van der Waals surface area contributed by atoms with Crippen LogP contribution in [0.3, 0.4) is 0 Å². The summed E-state index contributed by atoms with van der Waals surface area (Å²) in [4.78, 5) is 36.5. The Morgan fingerprint density at radius 2 is 2.13 bits per heavy atom. The molecule has 6 nitrogen and oxygen atoms in total. The maximum Gasteiger partial charge on any atom is 0.305 e. The number of hydrogen-bond acceptors (Lipinski definition) is 5. The number of carboxylic acids is 1. The second-order valence-electron chi connectivity index (χ2n) is 4.82. The van der Waals surface area contributed by atoms with E-state index in [4.69, 9.17) is 17.3 Å². The number of carbonyl (C=O) groups excluding carboxylic acids is 2. The van der Waals surface area contributed by atoms with Crippen molar-refractivity contribution in [2.24, 2.45) is 0 Å². The monoisotopic (exact) mass is 352 g/mol. The van der Waals surface area contributed by atoms with E-state index in [-0.39, 0.29) is 27.8 Å². The molecule has 0 aliphatic carbocycles. The standard InChI is InChI=1S/C14H9FN2O4S2/c15-6-1-2-8-7(5-6)10(12(20)16-8)11-13(21)17(14(22)23-11)4-3-9(18)19/h1-2,5H,3-4H2,(H,16,20)(H,18,19)/b11-10-. The van der Waals surface area contributed by atoms with Crippen LogP contribution in [0.25, 0.3) is 5.57 Å². The minimum Gasteiger partial charge on any atom is -0.481 e. The molecule has 0 saturated carbocycles. The fraction of sp³-hybridized carbons (Fsp3) is 0.143. The Morgan fingerprint density at radius 1 is 1.39 bits per heavy atom. The van der Waals surface area contributed by atoms with Gasteiger partial charge in [0.1, 0.15) is 10.1 Å². The highest BCUT2D eigenvalue weighted by Crippen LogP contribution is 2.42. The van der Waals surface area contributed by atoms with Crippen LogP contribution in [0.1, 0.15) is 12.0 Å². The summed E-state index contributed by atoms with van der Waals surface area (Å²) >= 11 is 6.00. The Morgan fingerprint density at radius 3 is 2.83 bits per heavy atom. The zero-order valence-electron chi connectivity index (χ0n) is 11.5. The fourth-order valence-electron chi connectivity index (χ4n) is 2.31. The highest BCUT2D eigenvalue weighted by atomic mass is 32.2. The molecule has 2 N–H and O–H groups in total. The average Bonchev–Trinajstić information content (AvgIpc) is 2.93. The topological polar surface area (TPSA) is 86.7 Å². The van der Waals surface area contributed by atoms with E-state index in [1.807, 2.05) is 0 Å². The van der Waals surface area contributed by atoms with Crippen molar-refractivity contribution in [3.8, 4) is 0 Å². The largest absolute Gasteiger partial charge is 0.481 e. The van der Waals surface area contributed by atoms with Crippen molar-refractivity contribution in [3.63, 3.8) is 0 Å². The van der Waals surface area contributed by atoms with Crippen molar-refractivity contribution in [2.45, 2.75) is 6.42 Å². The molecule has 0 aromatic heterocycles. The number of fused-ring (bicyclic) bond motifs is 1. The van der Waals surface area contributed by atoms with Gasteiger partial charge in [-0.25, -0.2) is 4.39 Å². The number of carbonyl (C=O) groups is 3. The molecule has 118 valence electrons. The van der Waals surface area contributed by atoms with Gasteiger partial charge < -0.3 is 10.4 Å². The molecule has 1 fully saturated rings. The van der Waals surface area contributed by atoms with Crippen LogP contribution in [0.4, 0.5) is 10.1 Å². The van der Waals surface area contributed by atoms with Crippen LogP contribution in [-0.4, -0.2) is 38.7 Å². The third-order valence-corrected chi connectivity index (χ3v) is 4.80. The number of thioether (sulfide) groups is 1. The van der Waals surface area contributed by atoms with Gasteiger partial charge in [0.25, 0.3) is 11.8 Å². The van der Waals surface area contributed by atoms with Crippen molar-refractivity contribution in [1.29, 1.82) is 0 Å². The van der Waals surface area contributed by atoms with Gasteiger partial charge in [-0.3, -0.25) is 19.3 Å². The zero-order valence-corrected chi connectivity index (χ0v) is 13.1. The molecule has 9 heteroatoms. The number of carboxylic acid groups (broad SMARTS) is 1. The zero-order chi connectivity index (χ0) is 16.7. The normalized spacial score (nSPS) is 20.0. The van der Waals surface area contributed by atoms with E-state index in [2.05, 4.69) is 5.32 Å². The van der Waals surface area contributed by atoms with Crippen LogP contribution in [0, 0.1) is 5.82 Å². The molecule has 2 aliphatic rings. The van der Waals surface area contributed by atoms with Gasteiger partial charge in [0, 0.05) is 17.8 Å². The first-order valence-electron chi connectivity index (χ1n) is 6.49. The van der Waals surface area contributed by atoms with Crippen LogP contribution in [0.15, 0.2) is 23.1 Å². The van der Waals surface area contributed by atoms with Crippen molar-refractivity contribution in [1.82, 2.24) is 4.90 Å². The number of anilines is 1. The number of thiocarbonyl (C=S) groups is 1. The Bertz CT molecular complexity index is 806. The molecule has 2 aliphatic heterocycles. The summed E-state index contributed by atoms with van der Waals surface area (Å²) in [6, 6.07) is 3.80. The van der Waals surface area contributed by atoms with Gasteiger partial charge in [0.2, 0.25) is 0 Å². The van der Waals surface area contributed by atoms with E-state index in [1.165, 1.54) is 18.2 Å². The number of amides is 2. The maximum absolute atomic E-state index is 13.5. The van der Waals surface area contributed by atoms with E-state index in [9.17, 15) is 18.8 Å². The number of nitrogens with zero attached hydrogens (tertiary/aromatic N) is 1. The fourth-order valence-corrected chi connectivity index (χ4v) is 3.70. The molecule has 3 rings (SSSR count). The quantitative estimate of drug-likeness (QED) is 0.637. The van der Waals surface area contributed by atoms with E-state index >= 15 is 0 Å². The highest BCUT2D eigenvalue weighted by Gasteiger charge is 2.39. The van der Waals surface area contributed by atoms with Gasteiger partial charge in [-0.2, -0.15) is 0 Å². The van der Waals surface area contributed by atoms with E-state index < -0.39 is 23.6 Å². The first-order chi connectivity index (χ1) is 10.9. The lowest BCUT2D eigenvalue weighted by molar-refractivity contribution is -0.137. The summed E-state index contributed by atoms with van der Waals surface area (Å²) in [5, 5.41) is 11.3. The van der Waals surface area contributed by atoms with Gasteiger partial charge in [0.05, 0.1) is 16.9 Å². The van der Waals surface area contributed by atoms with Crippen LogP contribution in [0.5, 0.6) is 0 Å². The molecular weight excluding hydrogens is 343 g/mol. The molecule has 0 bridgehead atoms. The lowest BCUT2D eigenvalue weighted by atomic mass is 10.1. The maximum atomic E-state index is 13.5. The van der Waals surface area contributed by atoms with Crippen LogP contribution >= 0.6 is 24.0 Å². The summed E-state index contributed by atoms with van der Waals surface area (Å²) in [6.45, 7) is -0.0750. The smallest absolute Gasteiger partial charge is 0.305 e. The van der Waals surface area contributed by atoms with Crippen molar-refractivity contribution >= 4 is 57.3 Å². The van der Waals surface area contributed by atoms with Gasteiger partial charge in [-0.05, 0) is 18.2 Å². The van der Waals surface area contributed by atoms with Crippen LogP contribution in [0.2, 0.25) is 0 Å². The SMILES string of the molecule is O=C(O)CCN1C(=O)/C(=C2/C(=O)Nc3ccc(F)cc32)SC1=S. The minimum absolute atomic E-state index is 0.0645. The Labute approximate surface area is 139 Å². The molecule has 0 radical (unpaired) electrons. The number of hydrogen-bond donors (Lipinski definition) is 2. The molecule has 1 aromatic rings. The Kier molecular flexibility index (Phi) is 3.90. The summed E-state index contributed by atoms with van der Waals surface area (Å²) in [5.74, 6) is -2.63. The minimum atomic E-state index is -1.06. The van der Waals surface area contributed by atoms with Crippen LogP contribution < -0.4 is 5.32 Å². The van der Waals surface area contributed by atoms with Gasteiger partial charge >= 0.3 is 5.97 Å². The third-order valence-electron chi connectivity index (χ3n) is 3.35. The molecule has 0 spiro atoms. The lowest BCUT2D eigenvalue weighted by Crippen LogP contribution is -2.30. The molecule has 2 heterocycles. The third kappa shape index (κ3) is 2.73. The van der Waals surface area contributed by atoms with E-state index in [1.54, 1.807) is 0 Å². The molecule has 23 heavy (non-hydrogen) atoms. The molecule has 1 aromatic carbocycles. The molecular formula is C14H9FN2O4S2. The van der Waals surface area contributed by atoms with Crippen molar-refractivity contribution in [3.05, 3.63) is 34.5 Å². The second-order valence-corrected chi connectivity index (χ2v) is 6.46. The predicted octanol–water partition coefficient (Wildman–Crippen LogP) is 1.82. The summed E-state index contributed by atoms with van der Waals surface area (Å²) in [6.07, 6.45) is -0.257. The molecule has 1 saturated heterocycles. The number of aliphatic carboxylic acids is 1. The Hall–Kier alpha value is -2.26. The first-order valence-corrected chi connectivity index (χ1v) is 7.72. The highest BCUT2D eigenvalue weighted by molar-refractivity contribution is 8.26. The number of nitrogens with one attached hydrogen (secondary N) is 1. The molecule has 2 amide bonds. The van der Waals surface area contributed by atoms with Crippen molar-refractivity contribution in [2.75, 3.05) is 11.9 Å². The van der Waals surface area contributed by atoms with Gasteiger partial charge in [-0.15, -0.1) is 0 Å². The van der Waals surface area contributed by atoms with E-state index in [0.717, 1.165) is 16.7 Å². The van der Waals surface area contributed by atoms with Gasteiger partial charge in [-0.1, -0.05) is 24.0 Å². The second kappa shape index (κ2) is 5.74. The lowest BCUT2D eigenvalue weighted by Gasteiger charge is -2.12. The number of halogens is 1. The summed E-state index contributed by atoms with van der Waals surface area (Å²) < 4.78 is 13.6. The van der Waals surface area contributed by atoms with Crippen molar-refractivity contribution < 1.29 is 23.9 Å². The number of rotatable bonds is 3. The molecule has 0 unspecified atom stereocenters. The predicted molar refractivity (Wildman–Crippen MR) is 86.1 cm³/mol. The molecule has 0 atom stereocenters. The van der Waals surface area contributed by atoms with Crippen LogP contribution in [-0.2, 0) is 14.4 Å². The van der Waals surface area contributed by atoms with E-state index in [0.29, 0.717) is 11.3 Å². The van der Waals surface area contributed by atoms with Gasteiger partial charge in [0.15, 0.2) is 0 Å². The first kappa shape index (κ1) is 15.6. The Balaban J connectivity index is 2.01.